The molecule has 2 fully saturated rings. The van der Waals surface area contributed by atoms with Crippen molar-refractivity contribution in [1.29, 1.82) is 0 Å². The molecule has 0 spiro atoms. The standard InChI is InChI=1S/C14H27NO/c1-3-14(2)8-10-15(11-9-14)12-6-4-5-7-13(12)16/h12-13,16H,3-11H2,1-2H3/t12-,13-/m1/s1. The van der Waals surface area contributed by atoms with E-state index in [-0.39, 0.29) is 6.10 Å². The normalized spacial score (nSPS) is 36.2. The first-order valence-electron chi connectivity index (χ1n) is 7.07. The van der Waals surface area contributed by atoms with Crippen LogP contribution in [0.4, 0.5) is 0 Å². The van der Waals surface area contributed by atoms with Crippen LogP contribution in [-0.2, 0) is 0 Å². The van der Waals surface area contributed by atoms with Crippen LogP contribution in [0.25, 0.3) is 0 Å². The predicted molar refractivity (Wildman–Crippen MR) is 67.5 cm³/mol. The topological polar surface area (TPSA) is 23.5 Å². The summed E-state index contributed by atoms with van der Waals surface area (Å²) < 4.78 is 0. The van der Waals surface area contributed by atoms with Gasteiger partial charge in [-0.1, -0.05) is 33.1 Å². The molecule has 0 unspecified atom stereocenters. The first-order chi connectivity index (χ1) is 7.64. The number of aliphatic hydroxyl groups excluding tert-OH is 1. The fourth-order valence-electron chi connectivity index (χ4n) is 3.27. The summed E-state index contributed by atoms with van der Waals surface area (Å²) in [4.78, 5) is 2.56. The summed E-state index contributed by atoms with van der Waals surface area (Å²) in [7, 11) is 0. The van der Waals surface area contributed by atoms with Crippen LogP contribution in [0.1, 0.15) is 58.8 Å². The fourth-order valence-corrected chi connectivity index (χ4v) is 3.27. The molecule has 0 aromatic rings. The van der Waals surface area contributed by atoms with Gasteiger partial charge in [0.2, 0.25) is 0 Å². The number of likely N-dealkylation sites (tertiary alicyclic amines) is 1. The minimum atomic E-state index is -0.0558. The lowest BCUT2D eigenvalue weighted by atomic mass is 9.77. The van der Waals surface area contributed by atoms with Crippen molar-refractivity contribution in [3.63, 3.8) is 0 Å². The van der Waals surface area contributed by atoms with Crippen LogP contribution in [0, 0.1) is 5.41 Å². The quantitative estimate of drug-likeness (QED) is 0.781. The second-order valence-corrected chi connectivity index (χ2v) is 6.12. The van der Waals surface area contributed by atoms with Crippen LogP contribution in [-0.4, -0.2) is 35.2 Å². The molecule has 1 saturated carbocycles. The Balaban J connectivity index is 1.88. The lowest BCUT2D eigenvalue weighted by Crippen LogP contribution is -2.50. The first kappa shape index (κ1) is 12.4. The lowest BCUT2D eigenvalue weighted by molar-refractivity contribution is -0.00965. The molecule has 1 heterocycles. The first-order valence-corrected chi connectivity index (χ1v) is 7.07. The number of rotatable bonds is 2. The summed E-state index contributed by atoms with van der Waals surface area (Å²) in [6.45, 7) is 7.13. The smallest absolute Gasteiger partial charge is 0.0695 e. The summed E-state index contributed by atoms with van der Waals surface area (Å²) in [6.07, 6.45) is 8.63. The van der Waals surface area contributed by atoms with E-state index in [9.17, 15) is 5.11 Å². The highest BCUT2D eigenvalue weighted by molar-refractivity contribution is 4.88. The van der Waals surface area contributed by atoms with Gasteiger partial charge in [0.1, 0.15) is 0 Å². The van der Waals surface area contributed by atoms with Crippen molar-refractivity contribution >= 4 is 0 Å². The van der Waals surface area contributed by atoms with Crippen molar-refractivity contribution in [2.45, 2.75) is 70.9 Å². The Morgan fingerprint density at radius 2 is 1.81 bits per heavy atom. The third-order valence-electron chi connectivity index (χ3n) is 5.02. The molecule has 2 nitrogen and oxygen atoms in total. The zero-order chi connectivity index (χ0) is 11.6. The minimum absolute atomic E-state index is 0.0558. The molecule has 2 rings (SSSR count). The van der Waals surface area contributed by atoms with Gasteiger partial charge in [0.05, 0.1) is 6.10 Å². The molecular weight excluding hydrogens is 198 g/mol. The van der Waals surface area contributed by atoms with Gasteiger partial charge in [-0.2, -0.15) is 0 Å². The molecule has 2 atom stereocenters. The highest BCUT2D eigenvalue weighted by Gasteiger charge is 2.34. The fraction of sp³-hybridized carbons (Fsp3) is 1.00. The largest absolute Gasteiger partial charge is 0.391 e. The SMILES string of the molecule is CCC1(C)CCN([C@@H]2CCCC[C@H]2O)CC1. The van der Waals surface area contributed by atoms with E-state index in [0.29, 0.717) is 11.5 Å². The minimum Gasteiger partial charge on any atom is -0.391 e. The van der Waals surface area contributed by atoms with Crippen LogP contribution in [0.3, 0.4) is 0 Å². The summed E-state index contributed by atoms with van der Waals surface area (Å²) in [5.74, 6) is 0. The van der Waals surface area contributed by atoms with Gasteiger partial charge < -0.3 is 5.11 Å². The van der Waals surface area contributed by atoms with Crippen molar-refractivity contribution in [3.8, 4) is 0 Å². The highest BCUT2D eigenvalue weighted by Crippen LogP contribution is 2.36. The van der Waals surface area contributed by atoms with Gasteiger partial charge in [-0.3, -0.25) is 4.90 Å². The van der Waals surface area contributed by atoms with Gasteiger partial charge in [-0.25, -0.2) is 0 Å². The van der Waals surface area contributed by atoms with Crippen molar-refractivity contribution < 1.29 is 5.11 Å². The molecule has 1 N–H and O–H groups in total. The van der Waals surface area contributed by atoms with E-state index in [1.54, 1.807) is 0 Å². The molecule has 0 aromatic carbocycles. The molecule has 1 aliphatic carbocycles. The monoisotopic (exact) mass is 225 g/mol. The van der Waals surface area contributed by atoms with Gasteiger partial charge in [0, 0.05) is 6.04 Å². The van der Waals surface area contributed by atoms with Crippen LogP contribution < -0.4 is 0 Å². The Morgan fingerprint density at radius 1 is 1.19 bits per heavy atom. The van der Waals surface area contributed by atoms with Crippen molar-refractivity contribution in [1.82, 2.24) is 4.90 Å². The Labute approximate surface area is 100 Å². The van der Waals surface area contributed by atoms with E-state index in [4.69, 9.17) is 0 Å². The molecule has 0 aromatic heterocycles. The van der Waals surface area contributed by atoms with Crippen LogP contribution in [0.2, 0.25) is 0 Å². The molecule has 2 heteroatoms. The Morgan fingerprint density at radius 3 is 2.38 bits per heavy atom. The average Bonchev–Trinajstić information content (AvgIpc) is 2.31. The second kappa shape index (κ2) is 5.05. The third kappa shape index (κ3) is 2.60. The maximum Gasteiger partial charge on any atom is 0.0695 e. The number of piperidine rings is 1. The maximum absolute atomic E-state index is 10.1. The van der Waals surface area contributed by atoms with E-state index in [2.05, 4.69) is 18.7 Å². The Kier molecular flexibility index (Phi) is 3.91. The number of aliphatic hydroxyl groups is 1. The van der Waals surface area contributed by atoms with Crippen LogP contribution in [0.5, 0.6) is 0 Å². The molecule has 1 aliphatic heterocycles. The van der Waals surface area contributed by atoms with Crippen molar-refractivity contribution in [2.75, 3.05) is 13.1 Å². The summed E-state index contributed by atoms with van der Waals surface area (Å²) >= 11 is 0. The van der Waals surface area contributed by atoms with Crippen LogP contribution >= 0.6 is 0 Å². The molecular formula is C14H27NO. The van der Waals surface area contributed by atoms with E-state index in [1.807, 2.05) is 0 Å². The van der Waals surface area contributed by atoms with E-state index < -0.39 is 0 Å². The molecule has 1 saturated heterocycles. The number of hydrogen-bond donors (Lipinski definition) is 1. The van der Waals surface area contributed by atoms with Gasteiger partial charge in [-0.05, 0) is 44.2 Å². The zero-order valence-corrected chi connectivity index (χ0v) is 10.9. The van der Waals surface area contributed by atoms with Gasteiger partial charge in [0.15, 0.2) is 0 Å². The Hall–Kier alpha value is -0.0800. The maximum atomic E-state index is 10.1. The molecule has 0 bridgehead atoms. The van der Waals surface area contributed by atoms with E-state index in [0.717, 1.165) is 6.42 Å². The van der Waals surface area contributed by atoms with Gasteiger partial charge in [-0.15, -0.1) is 0 Å². The predicted octanol–water partition coefficient (Wildman–Crippen LogP) is 2.80. The summed E-state index contributed by atoms with van der Waals surface area (Å²) in [6, 6.07) is 0.468. The summed E-state index contributed by atoms with van der Waals surface area (Å²) in [5, 5.41) is 10.1. The molecule has 0 amide bonds. The van der Waals surface area contributed by atoms with Gasteiger partial charge in [0.25, 0.3) is 0 Å². The highest BCUT2D eigenvalue weighted by atomic mass is 16.3. The van der Waals surface area contributed by atoms with Crippen molar-refractivity contribution in [2.24, 2.45) is 5.41 Å². The van der Waals surface area contributed by atoms with Gasteiger partial charge >= 0.3 is 0 Å². The molecule has 16 heavy (non-hydrogen) atoms. The molecule has 2 aliphatic rings. The average molecular weight is 225 g/mol. The zero-order valence-electron chi connectivity index (χ0n) is 10.9. The van der Waals surface area contributed by atoms with E-state index in [1.165, 1.54) is 51.6 Å². The second-order valence-electron chi connectivity index (χ2n) is 6.12. The Bertz CT molecular complexity index is 221. The molecule has 94 valence electrons. The third-order valence-corrected chi connectivity index (χ3v) is 5.02. The van der Waals surface area contributed by atoms with E-state index >= 15 is 0 Å². The summed E-state index contributed by atoms with van der Waals surface area (Å²) in [5.41, 5.74) is 0.566. The molecule has 0 radical (unpaired) electrons. The van der Waals surface area contributed by atoms with Crippen molar-refractivity contribution in [3.05, 3.63) is 0 Å². The number of hydrogen-bond acceptors (Lipinski definition) is 2. The number of nitrogens with zero attached hydrogens (tertiary/aromatic N) is 1. The van der Waals surface area contributed by atoms with Crippen LogP contribution in [0.15, 0.2) is 0 Å². The lowest BCUT2D eigenvalue weighted by Gasteiger charge is -2.45.